The lowest BCUT2D eigenvalue weighted by molar-refractivity contribution is 0.0464. The van der Waals surface area contributed by atoms with E-state index in [2.05, 4.69) is 0 Å². The van der Waals surface area contributed by atoms with Crippen LogP contribution in [0.5, 0.6) is 0 Å². The highest BCUT2D eigenvalue weighted by Gasteiger charge is 2.23. The topological polar surface area (TPSA) is 72.6 Å². The molecule has 1 aromatic carbocycles. The van der Waals surface area contributed by atoms with Crippen molar-refractivity contribution in [3.8, 4) is 0 Å². The molecule has 0 aliphatic carbocycles. The maximum atomic E-state index is 11.8. The van der Waals surface area contributed by atoms with Crippen LogP contribution in [-0.4, -0.2) is 47.0 Å². The van der Waals surface area contributed by atoms with Crippen LogP contribution in [0.1, 0.15) is 0 Å². The first-order valence-corrected chi connectivity index (χ1v) is 7.77. The van der Waals surface area contributed by atoms with Gasteiger partial charge in [-0.25, -0.2) is 8.42 Å². The quantitative estimate of drug-likeness (QED) is 0.852. The summed E-state index contributed by atoms with van der Waals surface area (Å²) in [6.45, 7) is 2.32. The molecule has 1 aliphatic heterocycles. The molecule has 0 aromatic heterocycles. The molecule has 100 valence electrons. The molecule has 1 fully saturated rings. The summed E-state index contributed by atoms with van der Waals surface area (Å²) in [5, 5.41) is 0. The van der Waals surface area contributed by atoms with Gasteiger partial charge in [0.15, 0.2) is 9.84 Å². The highest BCUT2D eigenvalue weighted by Crippen LogP contribution is 2.26. The number of anilines is 1. The van der Waals surface area contributed by atoms with Crippen LogP contribution in [0.4, 0.5) is 5.69 Å². The third-order valence-corrected chi connectivity index (χ3v) is 4.15. The van der Waals surface area contributed by atoms with E-state index < -0.39 is 9.84 Å². The first kappa shape index (κ1) is 13.3. The van der Waals surface area contributed by atoms with Crippen molar-refractivity contribution < 1.29 is 13.2 Å². The minimum Gasteiger partial charge on any atom is -0.373 e. The lowest BCUT2D eigenvalue weighted by Gasteiger charge is -2.34. The lowest BCUT2D eigenvalue weighted by atomic mass is 10.2. The van der Waals surface area contributed by atoms with Gasteiger partial charge in [0, 0.05) is 25.9 Å². The average molecular weight is 270 g/mol. The van der Waals surface area contributed by atoms with Crippen molar-refractivity contribution in [2.75, 3.05) is 37.4 Å². The molecule has 0 bridgehead atoms. The fourth-order valence-corrected chi connectivity index (χ4v) is 3.02. The fourth-order valence-electron chi connectivity index (χ4n) is 2.11. The number of morpholine rings is 1. The summed E-state index contributed by atoms with van der Waals surface area (Å²) < 4.78 is 29.0. The molecule has 1 saturated heterocycles. The Labute approximate surface area is 107 Å². The van der Waals surface area contributed by atoms with Crippen molar-refractivity contribution in [1.29, 1.82) is 0 Å². The SMILES string of the molecule is CS(=O)(=O)c1ccccc1N1CCOC(CN)C1. The van der Waals surface area contributed by atoms with Gasteiger partial charge in [0.1, 0.15) is 0 Å². The Morgan fingerprint density at radius 3 is 2.83 bits per heavy atom. The van der Waals surface area contributed by atoms with E-state index in [9.17, 15) is 8.42 Å². The lowest BCUT2D eigenvalue weighted by Crippen LogP contribution is -2.46. The monoisotopic (exact) mass is 270 g/mol. The van der Waals surface area contributed by atoms with E-state index in [-0.39, 0.29) is 6.10 Å². The highest BCUT2D eigenvalue weighted by molar-refractivity contribution is 7.90. The first-order valence-electron chi connectivity index (χ1n) is 5.88. The number of benzene rings is 1. The van der Waals surface area contributed by atoms with Crippen molar-refractivity contribution in [3.63, 3.8) is 0 Å². The summed E-state index contributed by atoms with van der Waals surface area (Å²) in [4.78, 5) is 2.39. The van der Waals surface area contributed by atoms with Crippen LogP contribution in [0.25, 0.3) is 0 Å². The molecule has 1 aliphatic rings. The molecule has 0 amide bonds. The molecule has 1 atom stereocenters. The number of para-hydroxylation sites is 1. The molecule has 18 heavy (non-hydrogen) atoms. The van der Waals surface area contributed by atoms with Gasteiger partial charge in [0.25, 0.3) is 0 Å². The van der Waals surface area contributed by atoms with Gasteiger partial charge in [-0.05, 0) is 12.1 Å². The highest BCUT2D eigenvalue weighted by atomic mass is 32.2. The van der Waals surface area contributed by atoms with Crippen LogP contribution >= 0.6 is 0 Å². The molecule has 0 saturated carbocycles. The van der Waals surface area contributed by atoms with Crippen molar-refractivity contribution >= 4 is 15.5 Å². The fraction of sp³-hybridized carbons (Fsp3) is 0.500. The zero-order valence-electron chi connectivity index (χ0n) is 10.4. The third-order valence-electron chi connectivity index (χ3n) is 3.01. The van der Waals surface area contributed by atoms with Crippen LogP contribution in [0, 0.1) is 0 Å². The summed E-state index contributed by atoms with van der Waals surface area (Å²) in [6.07, 6.45) is 1.19. The minimum absolute atomic E-state index is 0.0358. The van der Waals surface area contributed by atoms with Crippen molar-refractivity contribution in [1.82, 2.24) is 0 Å². The number of ether oxygens (including phenoxy) is 1. The van der Waals surface area contributed by atoms with Gasteiger partial charge in [-0.1, -0.05) is 12.1 Å². The number of sulfone groups is 1. The summed E-state index contributed by atoms with van der Waals surface area (Å²) in [7, 11) is -3.22. The van der Waals surface area contributed by atoms with Crippen LogP contribution in [0.2, 0.25) is 0 Å². The Kier molecular flexibility index (Phi) is 3.89. The van der Waals surface area contributed by atoms with E-state index >= 15 is 0 Å². The van der Waals surface area contributed by atoms with E-state index in [0.717, 1.165) is 5.69 Å². The molecular formula is C12H18N2O3S. The van der Waals surface area contributed by atoms with Gasteiger partial charge in [-0.2, -0.15) is 0 Å². The predicted molar refractivity (Wildman–Crippen MR) is 70.6 cm³/mol. The second-order valence-electron chi connectivity index (χ2n) is 4.41. The van der Waals surface area contributed by atoms with E-state index in [4.69, 9.17) is 10.5 Å². The number of nitrogens with two attached hydrogens (primary N) is 1. The van der Waals surface area contributed by atoms with Crippen molar-refractivity contribution in [2.45, 2.75) is 11.0 Å². The first-order chi connectivity index (χ1) is 8.52. The summed E-state index contributed by atoms with van der Waals surface area (Å²) >= 11 is 0. The average Bonchev–Trinajstić information content (AvgIpc) is 2.38. The van der Waals surface area contributed by atoms with Gasteiger partial charge in [0.05, 0.1) is 23.3 Å². The Morgan fingerprint density at radius 2 is 2.17 bits per heavy atom. The van der Waals surface area contributed by atoms with Crippen LogP contribution < -0.4 is 10.6 Å². The summed E-state index contributed by atoms with van der Waals surface area (Å²) in [6, 6.07) is 7.05. The van der Waals surface area contributed by atoms with Gasteiger partial charge < -0.3 is 15.4 Å². The summed E-state index contributed by atoms with van der Waals surface area (Å²) in [5.41, 5.74) is 6.34. The number of rotatable bonds is 3. The number of hydrogen-bond donors (Lipinski definition) is 1. The zero-order chi connectivity index (χ0) is 13.2. The van der Waals surface area contributed by atoms with Crippen LogP contribution in [0.3, 0.4) is 0 Å². The Morgan fingerprint density at radius 1 is 1.44 bits per heavy atom. The Bertz CT molecular complexity index is 516. The largest absolute Gasteiger partial charge is 0.373 e. The molecule has 2 N–H and O–H groups in total. The van der Waals surface area contributed by atoms with Crippen LogP contribution in [0.15, 0.2) is 29.2 Å². The van der Waals surface area contributed by atoms with Crippen molar-refractivity contribution in [2.24, 2.45) is 5.73 Å². The molecule has 2 rings (SSSR count). The molecule has 1 unspecified atom stereocenters. The molecule has 1 heterocycles. The maximum absolute atomic E-state index is 11.8. The van der Waals surface area contributed by atoms with Gasteiger partial charge in [0.2, 0.25) is 0 Å². The number of nitrogens with zero attached hydrogens (tertiary/aromatic N) is 1. The summed E-state index contributed by atoms with van der Waals surface area (Å²) in [5.74, 6) is 0. The molecular weight excluding hydrogens is 252 g/mol. The molecule has 6 heteroatoms. The maximum Gasteiger partial charge on any atom is 0.177 e. The van der Waals surface area contributed by atoms with Crippen LogP contribution in [-0.2, 0) is 14.6 Å². The molecule has 0 spiro atoms. The second kappa shape index (κ2) is 5.26. The molecule has 1 aromatic rings. The molecule has 0 radical (unpaired) electrons. The van der Waals surface area contributed by atoms with Gasteiger partial charge >= 0.3 is 0 Å². The van der Waals surface area contributed by atoms with Gasteiger partial charge in [-0.3, -0.25) is 0 Å². The van der Waals surface area contributed by atoms with E-state index in [1.54, 1.807) is 12.1 Å². The van der Waals surface area contributed by atoms with E-state index in [0.29, 0.717) is 31.1 Å². The third kappa shape index (κ3) is 2.82. The second-order valence-corrected chi connectivity index (χ2v) is 6.40. The van der Waals surface area contributed by atoms with Gasteiger partial charge in [-0.15, -0.1) is 0 Å². The normalized spacial score (nSPS) is 21.0. The smallest absolute Gasteiger partial charge is 0.177 e. The predicted octanol–water partition coefficient (Wildman–Crippen LogP) is 0.254. The van der Waals surface area contributed by atoms with E-state index in [1.165, 1.54) is 6.26 Å². The zero-order valence-corrected chi connectivity index (χ0v) is 11.2. The van der Waals surface area contributed by atoms with E-state index in [1.807, 2.05) is 17.0 Å². The minimum atomic E-state index is -3.22. The Hall–Kier alpha value is -1.11. The van der Waals surface area contributed by atoms with Crippen molar-refractivity contribution in [3.05, 3.63) is 24.3 Å². The number of hydrogen-bond acceptors (Lipinski definition) is 5. The standard InChI is InChI=1S/C12H18N2O3S/c1-18(15,16)12-5-3-2-4-11(12)14-6-7-17-10(8-13)9-14/h2-5,10H,6-9,13H2,1H3. The molecule has 5 nitrogen and oxygen atoms in total. The Balaban J connectivity index is 2.33.